The summed E-state index contributed by atoms with van der Waals surface area (Å²) in [5.74, 6) is 1.18. The molecule has 2 aromatic carbocycles. The first-order chi connectivity index (χ1) is 14.4. The molecule has 160 valence electrons. The number of hydrogen-bond donors (Lipinski definition) is 2. The second kappa shape index (κ2) is 8.25. The predicted octanol–water partition coefficient (Wildman–Crippen LogP) is 1.80. The Morgan fingerprint density at radius 3 is 2.43 bits per heavy atom. The zero-order chi connectivity index (χ0) is 21.2. The summed E-state index contributed by atoms with van der Waals surface area (Å²) >= 11 is 0. The van der Waals surface area contributed by atoms with E-state index in [0.717, 1.165) is 24.2 Å². The van der Waals surface area contributed by atoms with Gasteiger partial charge in [-0.15, -0.1) is 0 Å². The Labute approximate surface area is 175 Å². The minimum Gasteiger partial charge on any atom is -0.454 e. The average molecular weight is 432 g/mol. The summed E-state index contributed by atoms with van der Waals surface area (Å²) in [6.45, 7) is 1.87. The Morgan fingerprint density at radius 2 is 1.73 bits per heavy atom. The zero-order valence-electron chi connectivity index (χ0n) is 16.6. The van der Waals surface area contributed by atoms with Gasteiger partial charge in [-0.25, -0.2) is 13.1 Å². The molecule has 8 nitrogen and oxygen atoms in total. The number of rotatable bonds is 6. The first-order valence-electron chi connectivity index (χ1n) is 9.73. The highest BCUT2D eigenvalue weighted by atomic mass is 32.2. The first-order valence-corrected chi connectivity index (χ1v) is 11.2. The molecular formula is C21H24N2O6S. The van der Waals surface area contributed by atoms with Crippen LogP contribution in [0.25, 0.3) is 0 Å². The summed E-state index contributed by atoms with van der Waals surface area (Å²) < 4.78 is 42.4. The van der Waals surface area contributed by atoms with E-state index in [2.05, 4.69) is 10.0 Å². The fraction of sp³-hybridized carbons (Fsp3) is 0.381. The predicted molar refractivity (Wildman–Crippen MR) is 109 cm³/mol. The van der Waals surface area contributed by atoms with Crippen LogP contribution >= 0.6 is 0 Å². The van der Waals surface area contributed by atoms with Gasteiger partial charge in [-0.1, -0.05) is 6.07 Å². The van der Waals surface area contributed by atoms with Crippen molar-refractivity contribution in [3.05, 3.63) is 53.6 Å². The molecule has 0 atom stereocenters. The third-order valence-corrected chi connectivity index (χ3v) is 7.15. The van der Waals surface area contributed by atoms with Gasteiger partial charge in [0.15, 0.2) is 11.5 Å². The lowest BCUT2D eigenvalue weighted by Crippen LogP contribution is -2.44. The van der Waals surface area contributed by atoms with Crippen LogP contribution in [0.3, 0.4) is 0 Å². The maximum Gasteiger partial charge on any atom is 0.251 e. The highest BCUT2D eigenvalue weighted by Gasteiger charge is 2.36. The van der Waals surface area contributed by atoms with Crippen molar-refractivity contribution in [1.29, 1.82) is 0 Å². The van der Waals surface area contributed by atoms with Gasteiger partial charge in [0.05, 0.1) is 4.90 Å². The van der Waals surface area contributed by atoms with Crippen molar-refractivity contribution in [2.45, 2.75) is 23.2 Å². The molecule has 0 aromatic heterocycles. The first kappa shape index (κ1) is 20.6. The summed E-state index contributed by atoms with van der Waals surface area (Å²) in [5.41, 5.74) is 1.20. The number of fused-ring (bicyclic) bond motifs is 1. The number of hydrogen-bond acceptors (Lipinski definition) is 6. The standard InChI is InChI=1S/C21H24N2O6S/c1-22-30(25,26)17-5-2-15(3-6-17)20(24)23-13-21(8-10-27-11-9-21)16-4-7-18-19(12-16)29-14-28-18/h2-7,12,22H,8-11,13-14H2,1H3,(H,23,24). The SMILES string of the molecule is CNS(=O)(=O)c1ccc(C(=O)NCC2(c3ccc4c(c3)OCO4)CCOCC2)cc1. The maximum absolute atomic E-state index is 12.7. The molecule has 0 spiro atoms. The van der Waals surface area contributed by atoms with Crippen LogP contribution < -0.4 is 19.5 Å². The molecular weight excluding hydrogens is 408 g/mol. The van der Waals surface area contributed by atoms with Crippen molar-refractivity contribution in [2.24, 2.45) is 0 Å². The van der Waals surface area contributed by atoms with Crippen LogP contribution in [0.4, 0.5) is 0 Å². The third-order valence-electron chi connectivity index (χ3n) is 5.72. The minimum atomic E-state index is -3.54. The van der Waals surface area contributed by atoms with Gasteiger partial charge in [-0.3, -0.25) is 4.79 Å². The van der Waals surface area contributed by atoms with E-state index in [-0.39, 0.29) is 23.0 Å². The van der Waals surface area contributed by atoms with Crippen molar-refractivity contribution in [1.82, 2.24) is 10.0 Å². The fourth-order valence-corrected chi connectivity index (χ4v) is 4.54. The molecule has 0 saturated carbocycles. The van der Waals surface area contributed by atoms with Crippen LogP contribution in [-0.2, 0) is 20.2 Å². The molecule has 2 heterocycles. The summed E-state index contributed by atoms with van der Waals surface area (Å²) in [6, 6.07) is 11.8. The molecule has 0 radical (unpaired) electrons. The van der Waals surface area contributed by atoms with Gasteiger partial charge < -0.3 is 19.5 Å². The number of ether oxygens (including phenoxy) is 3. The van der Waals surface area contributed by atoms with Crippen LogP contribution in [-0.4, -0.2) is 47.9 Å². The molecule has 30 heavy (non-hydrogen) atoms. The number of amides is 1. The van der Waals surface area contributed by atoms with E-state index in [4.69, 9.17) is 14.2 Å². The van der Waals surface area contributed by atoms with Gasteiger partial charge in [0.1, 0.15) is 0 Å². The normalized spacial score (nSPS) is 17.5. The molecule has 1 saturated heterocycles. The molecule has 2 aliphatic rings. The fourth-order valence-electron chi connectivity index (χ4n) is 3.81. The van der Waals surface area contributed by atoms with Crippen LogP contribution in [0.15, 0.2) is 47.4 Å². The Morgan fingerprint density at radius 1 is 1.03 bits per heavy atom. The van der Waals surface area contributed by atoms with Crippen LogP contribution in [0.5, 0.6) is 11.5 Å². The van der Waals surface area contributed by atoms with Gasteiger partial charge in [0.25, 0.3) is 5.91 Å². The number of carbonyl (C=O) groups excluding carboxylic acids is 1. The molecule has 2 aliphatic heterocycles. The van der Waals surface area contributed by atoms with Crippen LogP contribution in [0, 0.1) is 0 Å². The maximum atomic E-state index is 12.7. The molecule has 9 heteroatoms. The van der Waals surface area contributed by atoms with Crippen molar-refractivity contribution in [3.63, 3.8) is 0 Å². The van der Waals surface area contributed by atoms with Gasteiger partial charge in [0.2, 0.25) is 16.8 Å². The molecule has 2 N–H and O–H groups in total. The lowest BCUT2D eigenvalue weighted by Gasteiger charge is -2.38. The second-order valence-electron chi connectivity index (χ2n) is 7.38. The Kier molecular flexibility index (Phi) is 5.68. The minimum absolute atomic E-state index is 0.114. The topological polar surface area (TPSA) is 103 Å². The van der Waals surface area contributed by atoms with Gasteiger partial charge in [-0.2, -0.15) is 0 Å². The van der Waals surface area contributed by atoms with E-state index in [1.165, 1.54) is 31.3 Å². The van der Waals surface area contributed by atoms with Gasteiger partial charge in [0, 0.05) is 30.7 Å². The number of nitrogens with one attached hydrogen (secondary N) is 2. The Bertz CT molecular complexity index is 1030. The summed E-state index contributed by atoms with van der Waals surface area (Å²) in [6.07, 6.45) is 1.54. The highest BCUT2D eigenvalue weighted by Crippen LogP contribution is 2.40. The van der Waals surface area contributed by atoms with Crippen LogP contribution in [0.1, 0.15) is 28.8 Å². The second-order valence-corrected chi connectivity index (χ2v) is 9.26. The van der Waals surface area contributed by atoms with E-state index < -0.39 is 10.0 Å². The molecule has 1 fully saturated rings. The number of sulfonamides is 1. The molecule has 0 aliphatic carbocycles. The largest absolute Gasteiger partial charge is 0.454 e. The monoisotopic (exact) mass is 432 g/mol. The summed E-state index contributed by atoms with van der Waals surface area (Å²) in [7, 11) is -2.19. The van der Waals surface area contributed by atoms with E-state index in [1.807, 2.05) is 18.2 Å². The zero-order valence-corrected chi connectivity index (χ0v) is 17.5. The quantitative estimate of drug-likeness (QED) is 0.722. The summed E-state index contributed by atoms with van der Waals surface area (Å²) in [5, 5.41) is 3.02. The molecule has 4 rings (SSSR count). The lowest BCUT2D eigenvalue weighted by molar-refractivity contribution is 0.0486. The summed E-state index contributed by atoms with van der Waals surface area (Å²) in [4.78, 5) is 12.8. The van der Waals surface area contributed by atoms with Gasteiger partial charge in [-0.05, 0) is 61.9 Å². The van der Waals surface area contributed by atoms with E-state index in [9.17, 15) is 13.2 Å². The highest BCUT2D eigenvalue weighted by molar-refractivity contribution is 7.89. The smallest absolute Gasteiger partial charge is 0.251 e. The van der Waals surface area contributed by atoms with Crippen molar-refractivity contribution >= 4 is 15.9 Å². The lowest BCUT2D eigenvalue weighted by atomic mass is 9.74. The van der Waals surface area contributed by atoms with E-state index >= 15 is 0 Å². The molecule has 0 unspecified atom stereocenters. The number of benzene rings is 2. The van der Waals surface area contributed by atoms with Crippen LogP contribution in [0.2, 0.25) is 0 Å². The van der Waals surface area contributed by atoms with Crippen molar-refractivity contribution in [2.75, 3.05) is 33.6 Å². The molecule has 1 amide bonds. The Hall–Kier alpha value is -2.62. The molecule has 2 aromatic rings. The van der Waals surface area contributed by atoms with E-state index in [0.29, 0.717) is 31.1 Å². The van der Waals surface area contributed by atoms with Gasteiger partial charge >= 0.3 is 0 Å². The van der Waals surface area contributed by atoms with E-state index in [1.54, 1.807) is 0 Å². The third kappa shape index (κ3) is 4.00. The van der Waals surface area contributed by atoms with Crippen molar-refractivity contribution in [3.8, 4) is 11.5 Å². The average Bonchev–Trinajstić information content (AvgIpc) is 3.26. The number of carbonyl (C=O) groups is 1. The molecule has 0 bridgehead atoms. The Balaban J connectivity index is 1.51. The van der Waals surface area contributed by atoms with Crippen molar-refractivity contribution < 1.29 is 27.4 Å².